The highest BCUT2D eigenvalue weighted by Crippen LogP contribution is 2.77. The Balaban J connectivity index is 1.11. The van der Waals surface area contributed by atoms with Crippen LogP contribution in [0.4, 0.5) is 0 Å². The molecule has 5 aliphatic rings. The predicted octanol–water partition coefficient (Wildman–Crippen LogP) is 14.1. The Morgan fingerprint density at radius 1 is 0.646 bits per heavy atom. The molecule has 0 radical (unpaired) electrons. The quantitative estimate of drug-likeness (QED) is 0.0932. The summed E-state index contributed by atoms with van der Waals surface area (Å²) in [6.45, 7) is 25.0. The lowest BCUT2D eigenvalue weighted by atomic mass is 9.32. The van der Waals surface area contributed by atoms with Gasteiger partial charge in [-0.15, -0.1) is 0 Å². The molecule has 0 aliphatic heterocycles. The molecule has 0 heterocycles. The molecule has 10 unspecified atom stereocenters. The van der Waals surface area contributed by atoms with Crippen LogP contribution in [0, 0.1) is 56.7 Å². The number of rotatable bonds is 16. The SMILES string of the molecule is C=C(C)C1CCC2(C)CCC3(C)C(CCC4C5(C)CCC(OC(=O)CCCCCCCCCCCCCCC)C(C)(C)C5CCC43C)C12. The van der Waals surface area contributed by atoms with Gasteiger partial charge >= 0.3 is 5.97 Å². The summed E-state index contributed by atoms with van der Waals surface area (Å²) in [5.74, 6) is 3.89. The molecular formula is C46H80O2. The van der Waals surface area contributed by atoms with E-state index in [0.717, 1.165) is 36.5 Å². The van der Waals surface area contributed by atoms with Crippen molar-refractivity contribution in [2.24, 2.45) is 56.7 Å². The lowest BCUT2D eigenvalue weighted by Gasteiger charge is -2.73. The molecule has 0 saturated heterocycles. The summed E-state index contributed by atoms with van der Waals surface area (Å²) in [6.07, 6.45) is 31.4. The maximum atomic E-state index is 13.2. The number of unbranched alkanes of at least 4 members (excludes halogenated alkanes) is 12. The summed E-state index contributed by atoms with van der Waals surface area (Å²) in [4.78, 5) is 13.2. The van der Waals surface area contributed by atoms with Gasteiger partial charge in [0.15, 0.2) is 0 Å². The average molecular weight is 665 g/mol. The number of allylic oxidation sites excluding steroid dienone is 1. The van der Waals surface area contributed by atoms with Crippen molar-refractivity contribution >= 4 is 5.97 Å². The molecule has 48 heavy (non-hydrogen) atoms. The Hall–Kier alpha value is -0.790. The number of hydrogen-bond donors (Lipinski definition) is 0. The maximum Gasteiger partial charge on any atom is 0.306 e. The predicted molar refractivity (Wildman–Crippen MR) is 205 cm³/mol. The van der Waals surface area contributed by atoms with Gasteiger partial charge in [0, 0.05) is 11.8 Å². The van der Waals surface area contributed by atoms with Crippen molar-refractivity contribution < 1.29 is 9.53 Å². The lowest BCUT2D eigenvalue weighted by Crippen LogP contribution is -2.66. The van der Waals surface area contributed by atoms with Crippen LogP contribution in [0.1, 0.15) is 209 Å². The van der Waals surface area contributed by atoms with Gasteiger partial charge in [-0.3, -0.25) is 4.79 Å². The monoisotopic (exact) mass is 665 g/mol. The summed E-state index contributed by atoms with van der Waals surface area (Å²) in [5, 5.41) is 0. The van der Waals surface area contributed by atoms with Crippen LogP contribution < -0.4 is 0 Å². The Morgan fingerprint density at radius 3 is 1.85 bits per heavy atom. The van der Waals surface area contributed by atoms with Crippen molar-refractivity contribution in [2.75, 3.05) is 0 Å². The molecule has 0 bridgehead atoms. The Bertz CT molecular complexity index is 1090. The van der Waals surface area contributed by atoms with E-state index in [1.807, 2.05) is 0 Å². The van der Waals surface area contributed by atoms with Gasteiger partial charge in [0.2, 0.25) is 0 Å². The van der Waals surface area contributed by atoms with E-state index in [1.54, 1.807) is 0 Å². The molecule has 0 N–H and O–H groups in total. The molecule has 2 nitrogen and oxygen atoms in total. The molecule has 0 aromatic rings. The van der Waals surface area contributed by atoms with E-state index in [2.05, 4.69) is 62.0 Å². The van der Waals surface area contributed by atoms with Gasteiger partial charge in [0.1, 0.15) is 6.10 Å². The normalized spacial score (nSPS) is 41.5. The largest absolute Gasteiger partial charge is 0.462 e. The number of ether oxygens (including phenoxy) is 1. The molecule has 10 atom stereocenters. The minimum Gasteiger partial charge on any atom is -0.462 e. The smallest absolute Gasteiger partial charge is 0.306 e. The second-order valence-electron chi connectivity index (χ2n) is 20.2. The van der Waals surface area contributed by atoms with Crippen molar-refractivity contribution in [1.29, 1.82) is 0 Å². The summed E-state index contributed by atoms with van der Waals surface area (Å²) < 4.78 is 6.42. The fraction of sp³-hybridized carbons (Fsp3) is 0.935. The highest BCUT2D eigenvalue weighted by Gasteiger charge is 2.70. The zero-order valence-electron chi connectivity index (χ0n) is 33.5. The second kappa shape index (κ2) is 15.4. The first-order valence-corrected chi connectivity index (χ1v) is 21.6. The molecule has 5 rings (SSSR count). The van der Waals surface area contributed by atoms with Crippen LogP contribution in [0.5, 0.6) is 0 Å². The third kappa shape index (κ3) is 7.14. The first-order valence-electron chi connectivity index (χ1n) is 21.6. The molecular weight excluding hydrogens is 585 g/mol. The Labute approximate surface area is 299 Å². The minimum absolute atomic E-state index is 0.0411. The van der Waals surface area contributed by atoms with Gasteiger partial charge < -0.3 is 4.74 Å². The molecule has 5 saturated carbocycles. The van der Waals surface area contributed by atoms with Gasteiger partial charge in [-0.05, 0) is 129 Å². The summed E-state index contributed by atoms with van der Waals surface area (Å²) >= 11 is 0. The fourth-order valence-corrected chi connectivity index (χ4v) is 14.2. The zero-order valence-corrected chi connectivity index (χ0v) is 33.5. The number of carbonyl (C=O) groups is 1. The third-order valence-corrected chi connectivity index (χ3v) is 17.2. The summed E-state index contributed by atoms with van der Waals surface area (Å²) in [6, 6.07) is 0. The van der Waals surface area contributed by atoms with Crippen LogP contribution in [0.2, 0.25) is 0 Å². The van der Waals surface area contributed by atoms with Gasteiger partial charge in [-0.1, -0.05) is 138 Å². The Kier molecular flexibility index (Phi) is 12.4. The standard InChI is InChI=1S/C46H80O2/c1-10-11-12-13-14-15-16-17-18-19-20-21-22-23-40(47)48-39-28-30-44(7)37(42(39,4)5)27-31-46(9)38(44)25-24-36-41-35(34(2)3)26-29-43(41,6)32-33-45(36,46)8/h35-39,41H,2,10-33H2,1,3-9H3. The second-order valence-corrected chi connectivity index (χ2v) is 20.2. The molecule has 276 valence electrons. The number of fused-ring (bicyclic) bond motifs is 7. The van der Waals surface area contributed by atoms with Gasteiger partial charge in [-0.25, -0.2) is 0 Å². The van der Waals surface area contributed by atoms with Crippen LogP contribution in [0.3, 0.4) is 0 Å². The van der Waals surface area contributed by atoms with Gasteiger partial charge in [0.05, 0.1) is 0 Å². The van der Waals surface area contributed by atoms with Crippen molar-refractivity contribution in [2.45, 2.75) is 216 Å². The Morgan fingerprint density at radius 2 is 1.25 bits per heavy atom. The number of esters is 1. The number of hydrogen-bond acceptors (Lipinski definition) is 2. The number of carbonyl (C=O) groups excluding carboxylic acids is 1. The fourth-order valence-electron chi connectivity index (χ4n) is 14.2. The van der Waals surface area contributed by atoms with Crippen molar-refractivity contribution in [1.82, 2.24) is 0 Å². The van der Waals surface area contributed by atoms with Crippen molar-refractivity contribution in [3.63, 3.8) is 0 Å². The van der Waals surface area contributed by atoms with E-state index in [4.69, 9.17) is 4.74 Å². The van der Waals surface area contributed by atoms with E-state index < -0.39 is 0 Å². The lowest BCUT2D eigenvalue weighted by molar-refractivity contribution is -0.249. The average Bonchev–Trinajstić information content (AvgIpc) is 3.39. The van der Waals surface area contributed by atoms with E-state index in [-0.39, 0.29) is 17.5 Å². The van der Waals surface area contributed by atoms with E-state index in [1.165, 1.54) is 140 Å². The van der Waals surface area contributed by atoms with Crippen LogP contribution in [-0.4, -0.2) is 12.1 Å². The van der Waals surface area contributed by atoms with Crippen LogP contribution in [0.15, 0.2) is 12.2 Å². The first kappa shape index (κ1) is 38.4. The molecule has 2 heteroatoms. The van der Waals surface area contributed by atoms with Crippen molar-refractivity contribution in [3.8, 4) is 0 Å². The molecule has 5 aliphatic carbocycles. The van der Waals surface area contributed by atoms with Crippen LogP contribution >= 0.6 is 0 Å². The maximum absolute atomic E-state index is 13.2. The van der Waals surface area contributed by atoms with Crippen LogP contribution in [0.25, 0.3) is 0 Å². The molecule has 5 fully saturated rings. The van der Waals surface area contributed by atoms with Gasteiger partial charge in [0.25, 0.3) is 0 Å². The molecule has 0 aromatic carbocycles. The minimum atomic E-state index is 0.0411. The molecule has 0 amide bonds. The highest BCUT2D eigenvalue weighted by atomic mass is 16.5. The van der Waals surface area contributed by atoms with E-state index >= 15 is 0 Å². The first-order chi connectivity index (χ1) is 22.7. The molecule has 0 spiro atoms. The van der Waals surface area contributed by atoms with E-state index in [9.17, 15) is 4.79 Å². The van der Waals surface area contributed by atoms with E-state index in [0.29, 0.717) is 34.0 Å². The topological polar surface area (TPSA) is 26.3 Å². The highest BCUT2D eigenvalue weighted by molar-refractivity contribution is 5.69. The van der Waals surface area contributed by atoms with Crippen molar-refractivity contribution in [3.05, 3.63) is 12.2 Å². The third-order valence-electron chi connectivity index (χ3n) is 17.2. The molecule has 0 aromatic heterocycles. The summed E-state index contributed by atoms with van der Waals surface area (Å²) in [5.41, 5.74) is 3.19. The summed E-state index contributed by atoms with van der Waals surface area (Å²) in [7, 11) is 0. The van der Waals surface area contributed by atoms with Crippen LogP contribution in [-0.2, 0) is 9.53 Å². The zero-order chi connectivity index (χ0) is 34.8. The van der Waals surface area contributed by atoms with Gasteiger partial charge in [-0.2, -0.15) is 0 Å².